The van der Waals surface area contributed by atoms with E-state index in [1.54, 1.807) is 18.2 Å². The molecule has 0 N–H and O–H groups in total. The molecule has 4 aromatic heterocycles. The molecule has 0 fully saturated rings. The molecular weight excluding hydrogens is 752 g/mol. The van der Waals surface area contributed by atoms with Gasteiger partial charge in [0.1, 0.15) is 11.6 Å². The van der Waals surface area contributed by atoms with Gasteiger partial charge in [0.05, 0.1) is 50.0 Å². The van der Waals surface area contributed by atoms with Crippen LogP contribution >= 0.6 is 0 Å². The SMILES string of the molecule is Cn1c2ccccc2c2c1ccc1c3ccccc3n(-c3cc(-c4ccccc4C(F)(F)F)cc(-n4c5ccccc5c5ccc6c(c7ccccc7n6C)c54)c3C#N)c12. The van der Waals surface area contributed by atoms with Crippen LogP contribution in [-0.4, -0.2) is 18.3 Å². The van der Waals surface area contributed by atoms with Crippen LogP contribution in [0.15, 0.2) is 158 Å². The zero-order chi connectivity index (χ0) is 40.6. The van der Waals surface area contributed by atoms with E-state index in [1.807, 2.05) is 74.8 Å². The van der Waals surface area contributed by atoms with Gasteiger partial charge in [-0.15, -0.1) is 0 Å². The minimum atomic E-state index is -4.63. The van der Waals surface area contributed by atoms with Gasteiger partial charge in [-0.3, -0.25) is 0 Å². The largest absolute Gasteiger partial charge is 0.417 e. The number of fused-ring (bicyclic) bond motifs is 14. The van der Waals surface area contributed by atoms with Crippen LogP contribution in [0.3, 0.4) is 0 Å². The number of benzene rings is 8. The fourth-order valence-corrected chi connectivity index (χ4v) is 10.1. The van der Waals surface area contributed by atoms with E-state index in [-0.39, 0.29) is 5.56 Å². The molecule has 0 aliphatic carbocycles. The van der Waals surface area contributed by atoms with Crippen LogP contribution in [-0.2, 0) is 20.3 Å². The summed E-state index contributed by atoms with van der Waals surface area (Å²) in [4.78, 5) is 0. The Balaban J connectivity index is 1.33. The second kappa shape index (κ2) is 12.1. The molecule has 0 saturated heterocycles. The van der Waals surface area contributed by atoms with Crippen molar-refractivity contribution >= 4 is 87.2 Å². The van der Waals surface area contributed by atoms with Crippen molar-refractivity contribution in [3.05, 3.63) is 169 Å². The maximum atomic E-state index is 15.0. The smallest absolute Gasteiger partial charge is 0.344 e. The Morgan fingerprint density at radius 3 is 1.33 bits per heavy atom. The third-order valence-corrected chi connectivity index (χ3v) is 12.7. The zero-order valence-corrected chi connectivity index (χ0v) is 32.4. The number of hydrogen-bond donors (Lipinski definition) is 0. The summed E-state index contributed by atoms with van der Waals surface area (Å²) < 4.78 is 53.7. The summed E-state index contributed by atoms with van der Waals surface area (Å²) in [5.74, 6) is 0. The second-order valence-electron chi connectivity index (χ2n) is 15.6. The van der Waals surface area contributed by atoms with Crippen LogP contribution in [0, 0.1) is 11.3 Å². The molecule has 0 radical (unpaired) electrons. The van der Waals surface area contributed by atoms with Gasteiger partial charge in [-0.05, 0) is 65.7 Å². The molecule has 5 nitrogen and oxygen atoms in total. The molecule has 0 spiro atoms. The van der Waals surface area contributed by atoms with Crippen molar-refractivity contribution in [3.8, 4) is 28.6 Å². The molecule has 286 valence electrons. The average molecular weight is 784 g/mol. The van der Waals surface area contributed by atoms with Crippen molar-refractivity contribution in [3.63, 3.8) is 0 Å². The number of hydrogen-bond acceptors (Lipinski definition) is 1. The van der Waals surface area contributed by atoms with Crippen molar-refractivity contribution in [1.82, 2.24) is 18.3 Å². The molecule has 0 saturated carbocycles. The van der Waals surface area contributed by atoms with Crippen LogP contribution in [0.2, 0.25) is 0 Å². The van der Waals surface area contributed by atoms with Gasteiger partial charge in [0.15, 0.2) is 0 Å². The van der Waals surface area contributed by atoms with Crippen molar-refractivity contribution in [2.24, 2.45) is 14.1 Å². The third-order valence-electron chi connectivity index (χ3n) is 12.7. The van der Waals surface area contributed by atoms with E-state index in [0.29, 0.717) is 22.5 Å². The van der Waals surface area contributed by atoms with Crippen LogP contribution < -0.4 is 0 Å². The Morgan fingerprint density at radius 1 is 0.450 bits per heavy atom. The van der Waals surface area contributed by atoms with E-state index in [2.05, 4.69) is 85.0 Å². The first-order valence-corrected chi connectivity index (χ1v) is 19.8. The normalized spacial score (nSPS) is 12.4. The summed E-state index contributed by atoms with van der Waals surface area (Å²) in [6, 6.07) is 53.1. The molecular formula is C52H32F3N5. The molecule has 12 aromatic rings. The summed E-state index contributed by atoms with van der Waals surface area (Å²) in [6.07, 6.45) is -4.63. The van der Waals surface area contributed by atoms with Crippen molar-refractivity contribution < 1.29 is 13.2 Å². The topological polar surface area (TPSA) is 43.5 Å². The lowest BCUT2D eigenvalue weighted by Crippen LogP contribution is -2.09. The van der Waals surface area contributed by atoms with Crippen LogP contribution in [0.4, 0.5) is 13.2 Å². The number of rotatable bonds is 3. The highest BCUT2D eigenvalue weighted by atomic mass is 19.4. The van der Waals surface area contributed by atoms with Crippen LogP contribution in [0.5, 0.6) is 0 Å². The molecule has 8 aromatic carbocycles. The predicted octanol–water partition coefficient (Wildman–Crippen LogP) is 13.7. The number of nitriles is 1. The third kappa shape index (κ3) is 4.46. The number of aryl methyl sites for hydroxylation is 2. The first-order valence-electron chi connectivity index (χ1n) is 19.8. The van der Waals surface area contributed by atoms with Crippen molar-refractivity contribution in [1.29, 1.82) is 5.26 Å². The molecule has 60 heavy (non-hydrogen) atoms. The van der Waals surface area contributed by atoms with Gasteiger partial charge >= 0.3 is 6.18 Å². The Bertz CT molecular complexity index is 3650. The van der Waals surface area contributed by atoms with E-state index in [4.69, 9.17) is 0 Å². The highest BCUT2D eigenvalue weighted by Gasteiger charge is 2.34. The molecule has 4 heterocycles. The van der Waals surface area contributed by atoms with Gasteiger partial charge in [0.25, 0.3) is 0 Å². The minimum absolute atomic E-state index is 0.0316. The molecule has 0 atom stereocenters. The lowest BCUT2D eigenvalue weighted by atomic mass is 9.95. The number of alkyl halides is 3. The van der Waals surface area contributed by atoms with Gasteiger partial charge in [0.2, 0.25) is 0 Å². The Hall–Kier alpha value is -7.76. The quantitative estimate of drug-likeness (QED) is 0.176. The van der Waals surface area contributed by atoms with E-state index in [1.165, 1.54) is 12.1 Å². The van der Waals surface area contributed by atoms with Gasteiger partial charge in [-0.1, -0.05) is 103 Å². The molecule has 0 amide bonds. The van der Waals surface area contributed by atoms with Crippen LogP contribution in [0.25, 0.3) is 110 Å². The standard InChI is InChI=1S/C52H32F3N5/c1-57-40-19-9-6-16-36(40)48-44(57)25-23-34-32-14-4-11-21-42(32)59(50(34)48)46-27-30(31-13-3-8-18-39(31)52(53,54)55)28-47(38(46)29-56)60-43-22-12-5-15-33(43)35-24-26-45-49(51(35)60)37-17-7-10-20-41(37)58(45)2/h3-28H,1-2H3. The fraction of sp³-hybridized carbons (Fsp3) is 0.0577. The summed E-state index contributed by atoms with van der Waals surface area (Å²) in [5, 5.41) is 19.7. The first kappa shape index (κ1) is 34.3. The van der Waals surface area contributed by atoms with Crippen molar-refractivity contribution in [2.75, 3.05) is 0 Å². The first-order chi connectivity index (χ1) is 29.2. The molecule has 12 rings (SSSR count). The maximum Gasteiger partial charge on any atom is 0.417 e. The Morgan fingerprint density at radius 2 is 0.867 bits per heavy atom. The predicted molar refractivity (Wildman–Crippen MR) is 238 cm³/mol. The monoisotopic (exact) mass is 783 g/mol. The molecule has 0 aliphatic heterocycles. The highest BCUT2D eigenvalue weighted by Crippen LogP contribution is 2.47. The van der Waals surface area contributed by atoms with Gasteiger partial charge in [-0.2, -0.15) is 18.4 Å². The van der Waals surface area contributed by atoms with Crippen molar-refractivity contribution in [2.45, 2.75) is 6.18 Å². The number of aromatic nitrogens is 4. The summed E-state index contributed by atoms with van der Waals surface area (Å²) in [5.41, 5.74) is 8.51. The molecule has 8 heteroatoms. The van der Waals surface area contributed by atoms with Gasteiger partial charge < -0.3 is 18.3 Å². The Kier molecular flexibility index (Phi) is 6.94. The number of halogens is 3. The van der Waals surface area contributed by atoms with E-state index >= 15 is 13.2 Å². The zero-order valence-electron chi connectivity index (χ0n) is 32.4. The highest BCUT2D eigenvalue weighted by molar-refractivity contribution is 6.27. The number of para-hydroxylation sites is 4. The maximum absolute atomic E-state index is 15.0. The minimum Gasteiger partial charge on any atom is -0.344 e. The molecule has 0 bridgehead atoms. The summed E-state index contributed by atoms with van der Waals surface area (Å²) in [6.45, 7) is 0. The molecule has 0 aliphatic rings. The Labute approximate surface area is 340 Å². The van der Waals surface area contributed by atoms with Crippen LogP contribution in [0.1, 0.15) is 11.1 Å². The summed E-state index contributed by atoms with van der Waals surface area (Å²) >= 11 is 0. The second-order valence-corrected chi connectivity index (χ2v) is 15.6. The number of nitrogens with zero attached hydrogens (tertiary/aromatic N) is 5. The van der Waals surface area contributed by atoms with E-state index < -0.39 is 11.7 Å². The lowest BCUT2D eigenvalue weighted by Gasteiger charge is -2.20. The molecule has 0 unspecified atom stereocenters. The van der Waals surface area contributed by atoms with E-state index in [0.717, 1.165) is 93.3 Å². The summed E-state index contributed by atoms with van der Waals surface area (Å²) in [7, 11) is 4.10. The van der Waals surface area contributed by atoms with Gasteiger partial charge in [-0.25, -0.2) is 0 Å². The lowest BCUT2D eigenvalue weighted by molar-refractivity contribution is -0.137. The average Bonchev–Trinajstić information content (AvgIpc) is 3.98. The fourth-order valence-electron chi connectivity index (χ4n) is 10.1. The van der Waals surface area contributed by atoms with E-state index in [9.17, 15) is 5.26 Å². The van der Waals surface area contributed by atoms with Gasteiger partial charge in [0, 0.05) is 68.2 Å².